The normalized spacial score (nSPS) is 10.6. The molecule has 124 valence electrons. The summed E-state index contributed by atoms with van der Waals surface area (Å²) in [7, 11) is 0. The Morgan fingerprint density at radius 3 is 2.33 bits per heavy atom. The highest BCUT2D eigenvalue weighted by Gasteiger charge is 2.10. The van der Waals surface area contributed by atoms with Crippen LogP contribution in [0.1, 0.15) is 34.8 Å². The molecule has 0 aliphatic rings. The Kier molecular flexibility index (Phi) is 5.90. The van der Waals surface area contributed by atoms with Crippen molar-refractivity contribution in [3.8, 4) is 0 Å². The number of hydrogen-bond acceptors (Lipinski definition) is 2. The Morgan fingerprint density at radius 1 is 1.00 bits per heavy atom. The molecule has 0 atom stereocenters. The van der Waals surface area contributed by atoms with Crippen LogP contribution in [0.2, 0.25) is 0 Å². The standard InChI is InChI=1S/C20H22N2O2/c1-4-5-12-18(23)21-17-11-7-10-16(13-17)20(24)22-19-14(2)8-6-9-15(19)3/h4-11,13H,12H2,1-3H3,(H,21,23)(H,22,24). The van der Waals surface area contributed by atoms with Crippen molar-refractivity contribution in [1.29, 1.82) is 0 Å². The molecule has 0 heterocycles. The van der Waals surface area contributed by atoms with Crippen LogP contribution in [0.3, 0.4) is 0 Å². The number of carbonyl (C=O) groups is 2. The summed E-state index contributed by atoms with van der Waals surface area (Å²) < 4.78 is 0. The number of hydrogen-bond donors (Lipinski definition) is 2. The van der Waals surface area contributed by atoms with Crippen LogP contribution in [0.4, 0.5) is 11.4 Å². The highest BCUT2D eigenvalue weighted by molar-refractivity contribution is 6.06. The van der Waals surface area contributed by atoms with Gasteiger partial charge >= 0.3 is 0 Å². The number of rotatable bonds is 5. The molecule has 0 radical (unpaired) electrons. The van der Waals surface area contributed by atoms with Gasteiger partial charge < -0.3 is 10.6 Å². The fourth-order valence-electron chi connectivity index (χ4n) is 2.37. The molecule has 4 nitrogen and oxygen atoms in total. The minimum absolute atomic E-state index is 0.111. The summed E-state index contributed by atoms with van der Waals surface area (Å²) >= 11 is 0. The quantitative estimate of drug-likeness (QED) is 0.798. The molecule has 2 N–H and O–H groups in total. The Labute approximate surface area is 142 Å². The molecule has 24 heavy (non-hydrogen) atoms. The molecule has 2 amide bonds. The van der Waals surface area contributed by atoms with Gasteiger partial charge in [0, 0.05) is 23.4 Å². The van der Waals surface area contributed by atoms with E-state index in [1.807, 2.05) is 45.0 Å². The predicted octanol–water partition coefficient (Wildman–Crippen LogP) is 4.46. The van der Waals surface area contributed by atoms with Crippen molar-refractivity contribution in [1.82, 2.24) is 0 Å². The van der Waals surface area contributed by atoms with Crippen LogP contribution in [-0.4, -0.2) is 11.8 Å². The van der Waals surface area contributed by atoms with E-state index in [0.717, 1.165) is 16.8 Å². The summed E-state index contributed by atoms with van der Waals surface area (Å²) in [6.07, 6.45) is 3.93. The van der Waals surface area contributed by atoms with Gasteiger partial charge in [0.25, 0.3) is 5.91 Å². The summed E-state index contributed by atoms with van der Waals surface area (Å²) in [4.78, 5) is 24.3. The molecular weight excluding hydrogens is 300 g/mol. The Balaban J connectivity index is 2.13. The molecule has 0 aliphatic heterocycles. The Morgan fingerprint density at radius 2 is 1.67 bits per heavy atom. The van der Waals surface area contributed by atoms with Crippen molar-refractivity contribution in [2.45, 2.75) is 27.2 Å². The van der Waals surface area contributed by atoms with E-state index in [9.17, 15) is 9.59 Å². The monoisotopic (exact) mass is 322 g/mol. The van der Waals surface area contributed by atoms with Gasteiger partial charge in [-0.05, 0) is 50.1 Å². The fourth-order valence-corrected chi connectivity index (χ4v) is 2.37. The van der Waals surface area contributed by atoms with E-state index in [0.29, 0.717) is 17.7 Å². The van der Waals surface area contributed by atoms with Crippen LogP contribution in [0.15, 0.2) is 54.6 Å². The van der Waals surface area contributed by atoms with Crippen LogP contribution in [0, 0.1) is 13.8 Å². The molecule has 4 heteroatoms. The Bertz CT molecular complexity index is 759. The van der Waals surface area contributed by atoms with Gasteiger partial charge in [-0.25, -0.2) is 0 Å². The van der Waals surface area contributed by atoms with E-state index < -0.39 is 0 Å². The SMILES string of the molecule is CC=CCC(=O)Nc1cccc(C(=O)Nc2c(C)cccc2C)c1. The fraction of sp³-hybridized carbons (Fsp3) is 0.200. The average Bonchev–Trinajstić information content (AvgIpc) is 2.56. The van der Waals surface area contributed by atoms with Gasteiger partial charge in [-0.15, -0.1) is 0 Å². The zero-order valence-corrected chi connectivity index (χ0v) is 14.2. The van der Waals surface area contributed by atoms with E-state index in [1.165, 1.54) is 0 Å². The lowest BCUT2D eigenvalue weighted by Crippen LogP contribution is -2.15. The smallest absolute Gasteiger partial charge is 0.255 e. The van der Waals surface area contributed by atoms with Gasteiger partial charge in [-0.2, -0.15) is 0 Å². The van der Waals surface area contributed by atoms with Gasteiger partial charge in [0.1, 0.15) is 0 Å². The molecular formula is C20H22N2O2. The van der Waals surface area contributed by atoms with Crippen LogP contribution < -0.4 is 10.6 Å². The van der Waals surface area contributed by atoms with Gasteiger partial charge in [0.2, 0.25) is 5.91 Å². The number of aryl methyl sites for hydroxylation is 2. The molecule has 0 spiro atoms. The molecule has 0 bridgehead atoms. The number of allylic oxidation sites excluding steroid dienone is 1. The lowest BCUT2D eigenvalue weighted by molar-refractivity contribution is -0.115. The van der Waals surface area contributed by atoms with Crippen LogP contribution in [0.5, 0.6) is 0 Å². The predicted molar refractivity (Wildman–Crippen MR) is 98.4 cm³/mol. The maximum Gasteiger partial charge on any atom is 0.255 e. The summed E-state index contributed by atoms with van der Waals surface area (Å²) in [5.74, 6) is -0.308. The van der Waals surface area contributed by atoms with E-state index >= 15 is 0 Å². The van der Waals surface area contributed by atoms with Crippen LogP contribution in [0.25, 0.3) is 0 Å². The third-order valence-electron chi connectivity index (χ3n) is 3.67. The highest BCUT2D eigenvalue weighted by atomic mass is 16.2. The van der Waals surface area contributed by atoms with E-state index in [4.69, 9.17) is 0 Å². The first-order valence-electron chi connectivity index (χ1n) is 7.90. The van der Waals surface area contributed by atoms with Crippen molar-refractivity contribution in [2.24, 2.45) is 0 Å². The summed E-state index contributed by atoms with van der Waals surface area (Å²) in [6.45, 7) is 5.78. The van der Waals surface area contributed by atoms with Crippen molar-refractivity contribution >= 4 is 23.2 Å². The lowest BCUT2D eigenvalue weighted by Gasteiger charge is -2.12. The van der Waals surface area contributed by atoms with Gasteiger partial charge in [0.05, 0.1) is 0 Å². The first-order chi connectivity index (χ1) is 11.5. The van der Waals surface area contributed by atoms with Crippen molar-refractivity contribution in [2.75, 3.05) is 10.6 Å². The second kappa shape index (κ2) is 8.11. The molecule has 0 fully saturated rings. The van der Waals surface area contributed by atoms with E-state index in [-0.39, 0.29) is 11.8 Å². The number of anilines is 2. The number of carbonyl (C=O) groups excluding carboxylic acids is 2. The molecule has 0 aromatic heterocycles. The van der Waals surface area contributed by atoms with Crippen LogP contribution in [-0.2, 0) is 4.79 Å². The molecule has 2 aromatic carbocycles. The molecule has 2 rings (SSSR count). The minimum Gasteiger partial charge on any atom is -0.326 e. The summed E-state index contributed by atoms with van der Waals surface area (Å²) in [5.41, 5.74) is 3.96. The van der Waals surface area contributed by atoms with Crippen molar-refractivity contribution < 1.29 is 9.59 Å². The largest absolute Gasteiger partial charge is 0.326 e. The Hall–Kier alpha value is -2.88. The first kappa shape index (κ1) is 17.5. The maximum atomic E-state index is 12.5. The number of benzene rings is 2. The zero-order chi connectivity index (χ0) is 17.5. The van der Waals surface area contributed by atoms with E-state index in [1.54, 1.807) is 30.3 Å². The third kappa shape index (κ3) is 4.56. The first-order valence-corrected chi connectivity index (χ1v) is 7.90. The average molecular weight is 322 g/mol. The highest BCUT2D eigenvalue weighted by Crippen LogP contribution is 2.21. The maximum absolute atomic E-state index is 12.5. The molecule has 2 aromatic rings. The second-order valence-electron chi connectivity index (χ2n) is 5.62. The summed E-state index contributed by atoms with van der Waals surface area (Å²) in [6, 6.07) is 12.8. The van der Waals surface area contributed by atoms with Crippen molar-refractivity contribution in [3.05, 3.63) is 71.3 Å². The number of nitrogens with one attached hydrogen (secondary N) is 2. The van der Waals surface area contributed by atoms with Crippen molar-refractivity contribution in [3.63, 3.8) is 0 Å². The van der Waals surface area contributed by atoms with Crippen LogP contribution >= 0.6 is 0 Å². The minimum atomic E-state index is -0.197. The number of para-hydroxylation sites is 1. The zero-order valence-electron chi connectivity index (χ0n) is 14.2. The third-order valence-corrected chi connectivity index (χ3v) is 3.67. The van der Waals surface area contributed by atoms with E-state index in [2.05, 4.69) is 10.6 Å². The van der Waals surface area contributed by atoms with Gasteiger partial charge in [-0.1, -0.05) is 36.4 Å². The molecule has 0 saturated carbocycles. The second-order valence-corrected chi connectivity index (χ2v) is 5.62. The molecule has 0 unspecified atom stereocenters. The van der Waals surface area contributed by atoms with Gasteiger partial charge in [0.15, 0.2) is 0 Å². The molecule has 0 saturated heterocycles. The summed E-state index contributed by atoms with van der Waals surface area (Å²) in [5, 5.41) is 5.74. The topological polar surface area (TPSA) is 58.2 Å². The molecule has 0 aliphatic carbocycles. The number of amides is 2. The lowest BCUT2D eigenvalue weighted by atomic mass is 10.1. The van der Waals surface area contributed by atoms with Gasteiger partial charge in [-0.3, -0.25) is 9.59 Å².